The van der Waals surface area contributed by atoms with Crippen molar-refractivity contribution in [3.05, 3.63) is 89.8 Å². The summed E-state index contributed by atoms with van der Waals surface area (Å²) in [6.07, 6.45) is 5.39. The van der Waals surface area contributed by atoms with Gasteiger partial charge in [0, 0.05) is 38.1 Å². The van der Waals surface area contributed by atoms with Crippen molar-refractivity contribution in [1.82, 2.24) is 20.4 Å². The minimum absolute atomic E-state index is 0.174. The van der Waals surface area contributed by atoms with E-state index in [9.17, 15) is 13.5 Å². The van der Waals surface area contributed by atoms with Gasteiger partial charge in [-0.05, 0) is 60.9 Å². The Kier molecular flexibility index (Phi) is 6.97. The molecule has 3 aromatic rings. The number of hydrogen-bond acceptors (Lipinski definition) is 7. The Morgan fingerprint density at radius 3 is 2.68 bits per heavy atom. The third-order valence-corrected chi connectivity index (χ3v) is 7.26. The van der Waals surface area contributed by atoms with Crippen molar-refractivity contribution in [1.29, 1.82) is 0 Å². The maximum absolute atomic E-state index is 12.7. The van der Waals surface area contributed by atoms with E-state index in [0.717, 1.165) is 16.7 Å². The number of fused-ring (bicyclic) bond motifs is 1. The van der Waals surface area contributed by atoms with Gasteiger partial charge in [-0.15, -0.1) is 5.10 Å². The third-order valence-electron chi connectivity index (χ3n) is 5.91. The van der Waals surface area contributed by atoms with Crippen LogP contribution in [0.1, 0.15) is 30.5 Å². The van der Waals surface area contributed by atoms with E-state index >= 15 is 0 Å². The molecule has 0 radical (unpaired) electrons. The Morgan fingerprint density at radius 2 is 1.94 bits per heavy atom. The highest BCUT2D eigenvalue weighted by molar-refractivity contribution is 7.92. The van der Waals surface area contributed by atoms with Crippen LogP contribution in [0.5, 0.6) is 0 Å². The second-order valence-electron chi connectivity index (χ2n) is 8.68. The molecule has 8 nitrogen and oxygen atoms in total. The van der Waals surface area contributed by atoms with Crippen LogP contribution in [0.25, 0.3) is 6.08 Å². The van der Waals surface area contributed by atoms with Gasteiger partial charge >= 0.3 is 0 Å². The lowest BCUT2D eigenvalue weighted by Crippen LogP contribution is -2.42. The van der Waals surface area contributed by atoms with Gasteiger partial charge in [-0.1, -0.05) is 36.4 Å². The van der Waals surface area contributed by atoms with Crippen LogP contribution in [0.15, 0.2) is 78.0 Å². The van der Waals surface area contributed by atoms with Crippen LogP contribution in [0, 0.1) is 0 Å². The number of rotatable bonds is 9. The molecule has 3 N–H and O–H groups in total. The second kappa shape index (κ2) is 9.92. The lowest BCUT2D eigenvalue weighted by Gasteiger charge is -2.32. The maximum atomic E-state index is 12.7. The quantitative estimate of drug-likeness (QED) is 0.433. The van der Waals surface area contributed by atoms with E-state index in [1.165, 1.54) is 6.20 Å². The van der Waals surface area contributed by atoms with Crippen LogP contribution in [-0.2, 0) is 22.2 Å². The van der Waals surface area contributed by atoms with Gasteiger partial charge in [0.25, 0.3) is 10.0 Å². The predicted molar refractivity (Wildman–Crippen MR) is 132 cm³/mol. The molecule has 1 aliphatic rings. The number of nitrogens with zero attached hydrogens (tertiary/aromatic N) is 3. The van der Waals surface area contributed by atoms with Crippen molar-refractivity contribution >= 4 is 21.9 Å². The monoisotopic (exact) mass is 479 g/mol. The van der Waals surface area contributed by atoms with Gasteiger partial charge in [0.05, 0.1) is 10.5 Å². The van der Waals surface area contributed by atoms with Gasteiger partial charge in [-0.3, -0.25) is 4.72 Å². The summed E-state index contributed by atoms with van der Waals surface area (Å²) in [6, 6.07) is 18.1. The molecule has 0 saturated heterocycles. The zero-order valence-electron chi connectivity index (χ0n) is 19.2. The summed E-state index contributed by atoms with van der Waals surface area (Å²) in [5, 5.41) is 21.6. The minimum atomic E-state index is -3.76. The van der Waals surface area contributed by atoms with Gasteiger partial charge < -0.3 is 15.3 Å². The summed E-state index contributed by atoms with van der Waals surface area (Å²) in [7, 11) is -3.76. The molecule has 0 unspecified atom stereocenters. The number of aliphatic hydroxyl groups is 1. The Hall–Kier alpha value is -3.27. The van der Waals surface area contributed by atoms with E-state index in [2.05, 4.69) is 32.1 Å². The van der Waals surface area contributed by atoms with Gasteiger partial charge in [0.1, 0.15) is 0 Å². The zero-order chi connectivity index (χ0) is 24.2. The van der Waals surface area contributed by atoms with Crippen molar-refractivity contribution in [2.24, 2.45) is 0 Å². The summed E-state index contributed by atoms with van der Waals surface area (Å²) in [5.74, 6) is 0.175. The fraction of sp³-hybridized carbons (Fsp3) is 0.280. The van der Waals surface area contributed by atoms with Gasteiger partial charge in [-0.2, -0.15) is 5.10 Å². The summed E-state index contributed by atoms with van der Waals surface area (Å²) >= 11 is 0. The molecule has 0 spiro atoms. The van der Waals surface area contributed by atoms with E-state index in [1.54, 1.807) is 24.3 Å². The number of sulfonamides is 1. The standard InChI is InChI=1S/C25H29N5O3S/c1-19(16-26-18-25(2,31)22-7-4-3-5-8-22)30-14-12-20-15-23(11-10-21(20)17-30)34(32,33)29-24-9-6-13-27-28-24/h3-15,19,26,31H,16-18H2,1-2H3,(H,28,29)/t19-,25-/m1/s1. The van der Waals surface area contributed by atoms with Crippen LogP contribution >= 0.6 is 0 Å². The van der Waals surface area contributed by atoms with E-state index < -0.39 is 15.6 Å². The average molecular weight is 480 g/mol. The molecule has 34 heavy (non-hydrogen) atoms. The Labute approximate surface area is 200 Å². The third kappa shape index (κ3) is 5.61. The van der Waals surface area contributed by atoms with Crippen LogP contribution in [-0.4, -0.2) is 47.8 Å². The molecular formula is C25H29N5O3S. The summed E-state index contributed by atoms with van der Waals surface area (Å²) in [5.41, 5.74) is 1.84. The highest BCUT2D eigenvalue weighted by Crippen LogP contribution is 2.25. The van der Waals surface area contributed by atoms with Crippen LogP contribution < -0.4 is 10.0 Å². The molecule has 1 aromatic heterocycles. The molecule has 0 fully saturated rings. The first kappa shape index (κ1) is 23.9. The Bertz CT molecular complexity index is 1250. The topological polar surface area (TPSA) is 107 Å². The number of anilines is 1. The van der Waals surface area contributed by atoms with Crippen molar-refractivity contribution in [3.8, 4) is 0 Å². The largest absolute Gasteiger partial charge is 0.384 e. The van der Waals surface area contributed by atoms with Gasteiger partial charge in [0.2, 0.25) is 0 Å². The van der Waals surface area contributed by atoms with Crippen molar-refractivity contribution in [2.75, 3.05) is 17.8 Å². The molecule has 9 heteroatoms. The van der Waals surface area contributed by atoms with E-state index in [-0.39, 0.29) is 16.8 Å². The number of nitrogens with one attached hydrogen (secondary N) is 2. The smallest absolute Gasteiger partial charge is 0.263 e. The Balaban J connectivity index is 1.36. The average Bonchev–Trinajstić information content (AvgIpc) is 2.84. The fourth-order valence-corrected chi connectivity index (χ4v) is 4.89. The van der Waals surface area contributed by atoms with Crippen LogP contribution in [0.4, 0.5) is 5.82 Å². The number of hydrogen-bond donors (Lipinski definition) is 3. The molecule has 2 aromatic carbocycles. The first-order valence-electron chi connectivity index (χ1n) is 11.1. The van der Waals surface area contributed by atoms with E-state index in [4.69, 9.17) is 0 Å². The van der Waals surface area contributed by atoms with Crippen LogP contribution in [0.2, 0.25) is 0 Å². The zero-order valence-corrected chi connectivity index (χ0v) is 20.0. The summed E-state index contributed by atoms with van der Waals surface area (Å²) < 4.78 is 27.9. The lowest BCUT2D eigenvalue weighted by atomic mass is 9.96. The van der Waals surface area contributed by atoms with Gasteiger partial charge in [-0.25, -0.2) is 8.42 Å². The minimum Gasteiger partial charge on any atom is -0.384 e. The lowest BCUT2D eigenvalue weighted by molar-refractivity contribution is 0.0554. The first-order valence-corrected chi connectivity index (χ1v) is 12.6. The molecule has 0 bridgehead atoms. The predicted octanol–water partition coefficient (Wildman–Crippen LogP) is 2.95. The second-order valence-corrected chi connectivity index (χ2v) is 10.4. The van der Waals surface area contributed by atoms with Gasteiger partial charge in [0.15, 0.2) is 5.82 Å². The normalized spacial score (nSPS) is 15.9. The molecule has 0 saturated carbocycles. The summed E-state index contributed by atoms with van der Waals surface area (Å²) in [6.45, 7) is 5.72. The highest BCUT2D eigenvalue weighted by atomic mass is 32.2. The molecular weight excluding hydrogens is 450 g/mol. The fourth-order valence-electron chi connectivity index (χ4n) is 3.86. The molecule has 0 amide bonds. The maximum Gasteiger partial charge on any atom is 0.263 e. The molecule has 4 rings (SSSR count). The van der Waals surface area contributed by atoms with E-state index in [0.29, 0.717) is 19.6 Å². The van der Waals surface area contributed by atoms with E-state index in [1.807, 2.05) is 55.6 Å². The molecule has 1 aliphatic heterocycles. The molecule has 0 aliphatic carbocycles. The Morgan fingerprint density at radius 1 is 1.15 bits per heavy atom. The molecule has 178 valence electrons. The van der Waals surface area contributed by atoms with Crippen molar-refractivity contribution < 1.29 is 13.5 Å². The molecule has 2 atom stereocenters. The SMILES string of the molecule is C[C@H](CNC[C@@](C)(O)c1ccccc1)N1C=Cc2cc(S(=O)(=O)Nc3cccnn3)ccc2C1. The molecule has 2 heterocycles. The van der Waals surface area contributed by atoms with Crippen molar-refractivity contribution in [2.45, 2.75) is 36.9 Å². The number of aromatic nitrogens is 2. The first-order chi connectivity index (χ1) is 16.2. The highest BCUT2D eigenvalue weighted by Gasteiger charge is 2.24. The van der Waals surface area contributed by atoms with Crippen LogP contribution in [0.3, 0.4) is 0 Å². The number of benzene rings is 2. The summed E-state index contributed by atoms with van der Waals surface area (Å²) in [4.78, 5) is 2.37. The van der Waals surface area contributed by atoms with Crippen molar-refractivity contribution in [3.63, 3.8) is 0 Å².